The third kappa shape index (κ3) is 1.85. The lowest BCUT2D eigenvalue weighted by atomic mass is 9.64. The molecular formula is C19H30. The van der Waals surface area contributed by atoms with E-state index >= 15 is 0 Å². The maximum Gasteiger partial charge on any atom is -0.0172 e. The van der Waals surface area contributed by atoms with E-state index in [0.29, 0.717) is 0 Å². The maximum atomic E-state index is 2.69. The first-order chi connectivity index (χ1) is 9.25. The Hall–Kier alpha value is -0.260. The maximum absolute atomic E-state index is 2.69. The summed E-state index contributed by atoms with van der Waals surface area (Å²) in [6.45, 7) is 5.07. The van der Waals surface area contributed by atoms with Gasteiger partial charge in [-0.3, -0.25) is 0 Å². The van der Waals surface area contributed by atoms with Gasteiger partial charge in [-0.1, -0.05) is 38.3 Å². The molecule has 106 valence electrons. The molecule has 0 N–H and O–H groups in total. The average molecular weight is 258 g/mol. The predicted octanol–water partition coefficient (Wildman–Crippen LogP) is 5.44. The van der Waals surface area contributed by atoms with Crippen molar-refractivity contribution in [3.63, 3.8) is 0 Å². The minimum atomic E-state index is 0.986. The van der Waals surface area contributed by atoms with Crippen molar-refractivity contribution in [3.05, 3.63) is 11.6 Å². The van der Waals surface area contributed by atoms with Gasteiger partial charge in [0.15, 0.2) is 0 Å². The van der Waals surface area contributed by atoms with Crippen LogP contribution < -0.4 is 0 Å². The molecule has 0 saturated heterocycles. The van der Waals surface area contributed by atoms with E-state index in [0.717, 1.165) is 41.4 Å². The monoisotopic (exact) mass is 258 g/mol. The molecule has 0 aromatic heterocycles. The average Bonchev–Trinajstić information content (AvgIpc) is 2.83. The molecule has 0 aliphatic heterocycles. The fourth-order valence-electron chi connectivity index (χ4n) is 6.38. The lowest BCUT2D eigenvalue weighted by Crippen LogP contribution is -2.32. The molecule has 0 aromatic rings. The van der Waals surface area contributed by atoms with Crippen molar-refractivity contribution in [1.29, 1.82) is 0 Å². The summed E-state index contributed by atoms with van der Waals surface area (Å²) in [5, 5.41) is 0. The van der Waals surface area contributed by atoms with E-state index < -0.39 is 0 Å². The lowest BCUT2D eigenvalue weighted by Gasteiger charge is -2.41. The standard InChI is InChI=1S/C19H30/c1-12-7-9-16-17-10-8-14-5-3-4-6-15(14)19(17)11-18(16)13(12)2/h8,12-13,15-19H,3-7,9-11H2,1-2H3. The van der Waals surface area contributed by atoms with Crippen LogP contribution in [-0.4, -0.2) is 0 Å². The molecule has 3 saturated carbocycles. The molecule has 4 rings (SSSR count). The van der Waals surface area contributed by atoms with Crippen molar-refractivity contribution < 1.29 is 0 Å². The molecule has 0 aromatic carbocycles. The second-order valence-electron chi connectivity index (χ2n) is 8.17. The Kier molecular flexibility index (Phi) is 3.05. The Bertz CT molecular complexity index is 379. The first-order valence-corrected chi connectivity index (χ1v) is 8.94. The van der Waals surface area contributed by atoms with Gasteiger partial charge in [0, 0.05) is 0 Å². The quantitative estimate of drug-likeness (QED) is 0.507. The molecular weight excluding hydrogens is 228 g/mol. The topological polar surface area (TPSA) is 0 Å². The summed E-state index contributed by atoms with van der Waals surface area (Å²) in [6.07, 6.45) is 14.7. The number of fused-ring (bicyclic) bond motifs is 5. The van der Waals surface area contributed by atoms with E-state index in [1.807, 2.05) is 5.57 Å². The Morgan fingerprint density at radius 2 is 1.79 bits per heavy atom. The fourth-order valence-corrected chi connectivity index (χ4v) is 6.38. The zero-order valence-corrected chi connectivity index (χ0v) is 12.8. The molecule has 0 spiro atoms. The van der Waals surface area contributed by atoms with Gasteiger partial charge in [0.2, 0.25) is 0 Å². The minimum Gasteiger partial charge on any atom is -0.0847 e. The van der Waals surface area contributed by atoms with Crippen LogP contribution in [0.15, 0.2) is 11.6 Å². The van der Waals surface area contributed by atoms with Crippen LogP contribution in [0.2, 0.25) is 0 Å². The van der Waals surface area contributed by atoms with Crippen LogP contribution >= 0.6 is 0 Å². The third-order valence-corrected chi connectivity index (χ3v) is 7.60. The molecule has 0 nitrogen and oxygen atoms in total. The molecule has 0 heterocycles. The molecule has 3 fully saturated rings. The highest BCUT2D eigenvalue weighted by Crippen LogP contribution is 2.59. The van der Waals surface area contributed by atoms with Crippen LogP contribution in [0.4, 0.5) is 0 Å². The summed E-state index contributed by atoms with van der Waals surface area (Å²) >= 11 is 0. The Balaban J connectivity index is 1.60. The van der Waals surface area contributed by atoms with Crippen LogP contribution in [0.5, 0.6) is 0 Å². The third-order valence-electron chi connectivity index (χ3n) is 7.60. The van der Waals surface area contributed by atoms with E-state index in [1.54, 1.807) is 12.8 Å². The Labute approximate surface area is 119 Å². The second-order valence-corrected chi connectivity index (χ2v) is 8.17. The summed E-state index contributed by atoms with van der Waals surface area (Å²) in [6, 6.07) is 0. The van der Waals surface area contributed by atoms with Crippen molar-refractivity contribution in [3.8, 4) is 0 Å². The molecule has 0 bridgehead atoms. The van der Waals surface area contributed by atoms with Gasteiger partial charge in [-0.15, -0.1) is 0 Å². The summed E-state index contributed by atoms with van der Waals surface area (Å²) in [5.74, 6) is 7.33. The highest BCUT2D eigenvalue weighted by molar-refractivity contribution is 5.18. The highest BCUT2D eigenvalue weighted by Gasteiger charge is 2.51. The van der Waals surface area contributed by atoms with Gasteiger partial charge < -0.3 is 0 Å². The fraction of sp³-hybridized carbons (Fsp3) is 0.895. The molecule has 19 heavy (non-hydrogen) atoms. The summed E-state index contributed by atoms with van der Waals surface area (Å²) in [7, 11) is 0. The van der Waals surface area contributed by atoms with Crippen LogP contribution in [-0.2, 0) is 0 Å². The van der Waals surface area contributed by atoms with Crippen LogP contribution in [0.25, 0.3) is 0 Å². The van der Waals surface area contributed by atoms with Gasteiger partial charge >= 0.3 is 0 Å². The molecule has 7 atom stereocenters. The van der Waals surface area contributed by atoms with E-state index in [9.17, 15) is 0 Å². The summed E-state index contributed by atoms with van der Waals surface area (Å²) in [5.41, 5.74) is 1.88. The van der Waals surface area contributed by atoms with E-state index in [4.69, 9.17) is 0 Å². The molecule has 7 unspecified atom stereocenters. The molecule has 4 aliphatic rings. The zero-order valence-electron chi connectivity index (χ0n) is 12.8. The van der Waals surface area contributed by atoms with Crippen LogP contribution in [0, 0.1) is 41.4 Å². The van der Waals surface area contributed by atoms with Crippen LogP contribution in [0.3, 0.4) is 0 Å². The molecule has 0 heteroatoms. The largest absolute Gasteiger partial charge is 0.0847 e. The first kappa shape index (κ1) is 12.5. The number of allylic oxidation sites excluding steroid dienone is 2. The van der Waals surface area contributed by atoms with Gasteiger partial charge in [-0.25, -0.2) is 0 Å². The van der Waals surface area contributed by atoms with E-state index in [-0.39, 0.29) is 0 Å². The van der Waals surface area contributed by atoms with Crippen LogP contribution in [0.1, 0.15) is 65.2 Å². The van der Waals surface area contributed by atoms with Gasteiger partial charge in [-0.05, 0) is 80.0 Å². The smallest absolute Gasteiger partial charge is 0.0172 e. The van der Waals surface area contributed by atoms with Crippen molar-refractivity contribution in [2.24, 2.45) is 41.4 Å². The zero-order chi connectivity index (χ0) is 13.0. The van der Waals surface area contributed by atoms with E-state index in [2.05, 4.69) is 19.9 Å². The minimum absolute atomic E-state index is 0.986. The molecule has 0 amide bonds. The normalized spacial score (nSPS) is 52.9. The highest BCUT2D eigenvalue weighted by atomic mass is 14.6. The molecule has 4 aliphatic carbocycles. The second kappa shape index (κ2) is 4.64. The predicted molar refractivity (Wildman–Crippen MR) is 80.8 cm³/mol. The SMILES string of the molecule is CC1CCC2C(CC3C4CCCCC4=CCC32)C1C. The van der Waals surface area contributed by atoms with Crippen molar-refractivity contribution in [2.45, 2.75) is 65.2 Å². The lowest BCUT2D eigenvalue weighted by molar-refractivity contribution is 0.111. The van der Waals surface area contributed by atoms with Gasteiger partial charge in [-0.2, -0.15) is 0 Å². The van der Waals surface area contributed by atoms with Gasteiger partial charge in [0.1, 0.15) is 0 Å². The molecule has 0 radical (unpaired) electrons. The number of hydrogen-bond donors (Lipinski definition) is 0. The first-order valence-electron chi connectivity index (χ1n) is 8.94. The number of rotatable bonds is 0. The van der Waals surface area contributed by atoms with Crippen molar-refractivity contribution in [2.75, 3.05) is 0 Å². The Morgan fingerprint density at radius 1 is 0.895 bits per heavy atom. The van der Waals surface area contributed by atoms with Gasteiger partial charge in [0.25, 0.3) is 0 Å². The Morgan fingerprint density at radius 3 is 2.68 bits per heavy atom. The van der Waals surface area contributed by atoms with E-state index in [1.165, 1.54) is 38.5 Å². The van der Waals surface area contributed by atoms with Gasteiger partial charge in [0.05, 0.1) is 0 Å². The van der Waals surface area contributed by atoms with Crippen molar-refractivity contribution >= 4 is 0 Å². The van der Waals surface area contributed by atoms with Crippen molar-refractivity contribution in [1.82, 2.24) is 0 Å². The summed E-state index contributed by atoms with van der Waals surface area (Å²) < 4.78 is 0. The number of hydrogen-bond acceptors (Lipinski definition) is 0. The summed E-state index contributed by atoms with van der Waals surface area (Å²) in [4.78, 5) is 0.